The summed E-state index contributed by atoms with van der Waals surface area (Å²) in [6.45, 7) is -0.142. The van der Waals surface area contributed by atoms with Crippen LogP contribution in [0, 0.1) is 0 Å². The molecule has 0 fully saturated rings. The van der Waals surface area contributed by atoms with Gasteiger partial charge in [0, 0.05) is 65.5 Å². The molecular weight excluding hydrogens is 767 g/mol. The molecule has 0 saturated heterocycles. The fourth-order valence-corrected chi connectivity index (χ4v) is 8.05. The number of anilines is 2. The van der Waals surface area contributed by atoms with Crippen molar-refractivity contribution < 1.29 is 32.4 Å². The largest absolute Gasteiger partial charge is 0.347 e. The molecule has 0 spiro atoms. The second-order valence-electron chi connectivity index (χ2n) is 12.0. The highest BCUT2D eigenvalue weighted by Gasteiger charge is 2.25. The summed E-state index contributed by atoms with van der Waals surface area (Å²) in [5, 5.41) is 3.40. The van der Waals surface area contributed by atoms with Gasteiger partial charge in [-0.3, -0.25) is 24.0 Å². The van der Waals surface area contributed by atoms with Crippen LogP contribution in [0.5, 0.6) is 0 Å². The molecule has 0 bridgehead atoms. The number of carbonyl (C=O) groups is 5. The molecule has 0 atom stereocenters. The molecule has 278 valence electrons. The van der Waals surface area contributed by atoms with Crippen LogP contribution in [0.3, 0.4) is 0 Å². The van der Waals surface area contributed by atoms with E-state index in [2.05, 4.69) is 35.2 Å². The van der Waals surface area contributed by atoms with E-state index >= 15 is 0 Å². The Morgan fingerprint density at radius 3 is 1.85 bits per heavy atom. The van der Waals surface area contributed by atoms with Crippen molar-refractivity contribution in [1.82, 2.24) is 49.5 Å². The Bertz CT molecular complexity index is 2380. The zero-order valence-electron chi connectivity index (χ0n) is 29.5. The molecule has 5 heterocycles. The van der Waals surface area contributed by atoms with Crippen molar-refractivity contribution in [3.8, 4) is 0 Å². The van der Waals surface area contributed by atoms with E-state index < -0.39 is 15.7 Å². The van der Waals surface area contributed by atoms with Crippen LogP contribution in [-0.4, -0.2) is 148 Å². The van der Waals surface area contributed by atoms with Gasteiger partial charge in [0.1, 0.15) is 33.3 Å². The summed E-state index contributed by atoms with van der Waals surface area (Å²) in [7, 11) is 5.90. The van der Waals surface area contributed by atoms with Crippen LogP contribution in [0.15, 0.2) is 40.8 Å². The quantitative estimate of drug-likeness (QED) is 0.210. The SMILES string of the molecule is CN(C)C(=O)CN(C)C(=O)c1nc2c(Nc3ccc4c(c3)SC(=O)C4)ncnc2s1.CN(C)C(=O)CN(C)C(=O)c1nc2c(S(C)(=O)=O)ncnc2s1. The standard InChI is InChI=1S/C19H18N6O3S2.C12H15N5O4S2/c1-24(2)13(26)8-25(3)19(28)18-23-15-16(20-9-21-17(15)30-18)22-11-5-4-10-6-14(27)29-12(10)7-11;1-16(2)7(18)5-17(3)12(19)10-15-8-9(22-10)13-6-14-11(8)23(4,20)21/h4-5,7,9H,6,8H2,1-3H3,(H,20,21,22);6H,5H2,1-4H3. The fraction of sp³-hybridized carbons (Fsp3) is 0.323. The van der Waals surface area contributed by atoms with Crippen LogP contribution >= 0.6 is 34.4 Å². The number of thiazole rings is 2. The van der Waals surface area contributed by atoms with E-state index in [1.54, 1.807) is 35.2 Å². The number of hydrogen-bond donors (Lipinski definition) is 1. The smallest absolute Gasteiger partial charge is 0.283 e. The van der Waals surface area contributed by atoms with Crippen molar-refractivity contribution in [1.29, 1.82) is 0 Å². The van der Waals surface area contributed by atoms with Crippen molar-refractivity contribution in [2.45, 2.75) is 16.3 Å². The number of hydrogen-bond acceptors (Lipinski definition) is 17. The van der Waals surface area contributed by atoms with Crippen LogP contribution in [0.25, 0.3) is 20.7 Å². The van der Waals surface area contributed by atoms with E-state index in [0.717, 1.165) is 51.4 Å². The third kappa shape index (κ3) is 9.07. The molecule has 1 aliphatic rings. The number of carbonyl (C=O) groups excluding carboxylic acids is 5. The van der Waals surface area contributed by atoms with Crippen LogP contribution < -0.4 is 5.32 Å². The molecule has 5 aromatic rings. The maximum Gasteiger partial charge on any atom is 0.283 e. The van der Waals surface area contributed by atoms with Gasteiger partial charge in [0.25, 0.3) is 11.8 Å². The number of nitrogens with one attached hydrogen (secondary N) is 1. The van der Waals surface area contributed by atoms with Crippen molar-refractivity contribution in [2.75, 3.05) is 66.9 Å². The number of benzene rings is 1. The van der Waals surface area contributed by atoms with E-state index in [1.165, 1.54) is 44.7 Å². The maximum absolute atomic E-state index is 12.7. The average molecular weight is 800 g/mol. The Hall–Kier alpha value is -5.19. The average Bonchev–Trinajstić information content (AvgIpc) is 3.83. The Kier molecular flexibility index (Phi) is 11.6. The fourth-order valence-electron chi connectivity index (χ4n) is 4.52. The highest BCUT2D eigenvalue weighted by Crippen LogP contribution is 2.36. The molecule has 1 aromatic carbocycles. The predicted octanol–water partition coefficient (Wildman–Crippen LogP) is 1.81. The monoisotopic (exact) mass is 799 g/mol. The summed E-state index contributed by atoms with van der Waals surface area (Å²) in [6, 6.07) is 5.70. The lowest BCUT2D eigenvalue weighted by molar-refractivity contribution is -0.129. The van der Waals surface area contributed by atoms with Crippen molar-refractivity contribution in [3.05, 3.63) is 46.4 Å². The summed E-state index contributed by atoms with van der Waals surface area (Å²) in [6.07, 6.45) is 3.98. The minimum atomic E-state index is -3.58. The van der Waals surface area contributed by atoms with Gasteiger partial charge in [-0.05, 0) is 17.7 Å². The Morgan fingerprint density at radius 1 is 0.774 bits per heavy atom. The number of nitrogens with zero attached hydrogens (tertiary/aromatic N) is 10. The second-order valence-corrected chi connectivity index (χ2v) is 17.0. The molecule has 0 saturated carbocycles. The lowest BCUT2D eigenvalue weighted by Crippen LogP contribution is -2.37. The Balaban J connectivity index is 0.000000212. The minimum Gasteiger partial charge on any atom is -0.347 e. The van der Waals surface area contributed by atoms with Crippen LogP contribution in [-0.2, 0) is 30.6 Å². The molecule has 1 aliphatic heterocycles. The number of likely N-dealkylation sites (N-methyl/N-ethyl adjacent to an activating group) is 4. The van der Waals surface area contributed by atoms with E-state index in [-0.39, 0.29) is 56.5 Å². The summed E-state index contributed by atoms with van der Waals surface area (Å²) in [4.78, 5) is 92.0. The molecule has 0 unspecified atom stereocenters. The van der Waals surface area contributed by atoms with Crippen LogP contribution in [0.1, 0.15) is 25.2 Å². The predicted molar refractivity (Wildman–Crippen MR) is 199 cm³/mol. The van der Waals surface area contributed by atoms with E-state index in [9.17, 15) is 32.4 Å². The number of amides is 4. The molecule has 4 amide bonds. The highest BCUT2D eigenvalue weighted by molar-refractivity contribution is 8.14. The van der Waals surface area contributed by atoms with Gasteiger partial charge in [-0.15, -0.1) is 0 Å². The molecule has 22 heteroatoms. The molecule has 0 aliphatic carbocycles. The van der Waals surface area contributed by atoms with Crippen molar-refractivity contribution in [3.63, 3.8) is 0 Å². The van der Waals surface area contributed by atoms with Gasteiger partial charge >= 0.3 is 0 Å². The van der Waals surface area contributed by atoms with Gasteiger partial charge in [0.15, 0.2) is 35.8 Å². The lowest BCUT2D eigenvalue weighted by Gasteiger charge is -2.17. The summed E-state index contributed by atoms with van der Waals surface area (Å²) < 4.78 is 23.4. The van der Waals surface area contributed by atoms with Crippen LogP contribution in [0.2, 0.25) is 0 Å². The first-order valence-electron chi connectivity index (χ1n) is 15.4. The summed E-state index contributed by atoms with van der Waals surface area (Å²) in [5.74, 6) is -0.786. The molecule has 18 nitrogen and oxygen atoms in total. The molecular formula is C31H33N11O7S4. The first kappa shape index (κ1) is 39.0. The Morgan fingerprint density at radius 2 is 1.30 bits per heavy atom. The summed E-state index contributed by atoms with van der Waals surface area (Å²) >= 11 is 3.33. The van der Waals surface area contributed by atoms with Crippen LogP contribution in [0.4, 0.5) is 11.5 Å². The zero-order chi connectivity index (χ0) is 38.8. The Labute approximate surface area is 315 Å². The number of aromatic nitrogens is 6. The number of sulfone groups is 1. The first-order chi connectivity index (χ1) is 24.9. The number of thioether (sulfide) groups is 1. The van der Waals surface area contributed by atoms with E-state index in [1.807, 2.05) is 18.2 Å². The molecule has 53 heavy (non-hydrogen) atoms. The molecule has 1 N–H and O–H groups in total. The third-order valence-electron chi connectivity index (χ3n) is 7.40. The van der Waals surface area contributed by atoms with Gasteiger partial charge in [-0.2, -0.15) is 0 Å². The third-order valence-corrected chi connectivity index (χ3v) is 11.3. The number of rotatable bonds is 9. The first-order valence-corrected chi connectivity index (χ1v) is 19.7. The van der Waals surface area contributed by atoms with Gasteiger partial charge < -0.3 is 24.9 Å². The van der Waals surface area contributed by atoms with Gasteiger partial charge in [0.05, 0.1) is 13.1 Å². The molecule has 6 rings (SSSR count). The van der Waals surface area contributed by atoms with Crippen molar-refractivity contribution >= 4 is 105 Å². The van der Waals surface area contributed by atoms with E-state index in [0.29, 0.717) is 27.4 Å². The second kappa shape index (κ2) is 15.8. The zero-order valence-corrected chi connectivity index (χ0v) is 32.7. The van der Waals surface area contributed by atoms with E-state index in [4.69, 9.17) is 0 Å². The highest BCUT2D eigenvalue weighted by atomic mass is 32.2. The van der Waals surface area contributed by atoms with Gasteiger partial charge in [-0.1, -0.05) is 40.5 Å². The number of fused-ring (bicyclic) bond motifs is 3. The normalized spacial score (nSPS) is 12.2. The van der Waals surface area contributed by atoms with Gasteiger partial charge in [-0.25, -0.2) is 38.3 Å². The summed E-state index contributed by atoms with van der Waals surface area (Å²) in [5.41, 5.74) is 2.32. The minimum absolute atomic E-state index is 0.0376. The topological polar surface area (TPSA) is 222 Å². The van der Waals surface area contributed by atoms with Crippen molar-refractivity contribution in [2.24, 2.45) is 0 Å². The lowest BCUT2D eigenvalue weighted by atomic mass is 10.1. The molecule has 0 radical (unpaired) electrons. The molecule has 4 aromatic heterocycles. The maximum atomic E-state index is 12.7. The van der Waals surface area contributed by atoms with Gasteiger partial charge in [0.2, 0.25) is 11.8 Å².